The Balaban J connectivity index is 2.22. The summed E-state index contributed by atoms with van der Waals surface area (Å²) in [4.78, 5) is 11.6. The minimum atomic E-state index is -0.702. The number of halogens is 1. The monoisotopic (exact) mass is 331 g/mol. The van der Waals surface area contributed by atoms with E-state index in [1.165, 1.54) is 0 Å². The van der Waals surface area contributed by atoms with E-state index in [-0.39, 0.29) is 5.60 Å². The molecule has 0 aromatic carbocycles. The Labute approximate surface area is 139 Å². The zero-order valence-corrected chi connectivity index (χ0v) is 14.1. The Kier molecular flexibility index (Phi) is 3.82. The van der Waals surface area contributed by atoms with Crippen LogP contribution < -0.4 is 4.74 Å². The van der Waals surface area contributed by atoms with Gasteiger partial charge in [0, 0.05) is 17.3 Å². The maximum atomic E-state index is 8.91. The van der Waals surface area contributed by atoms with Crippen LogP contribution in [0.3, 0.4) is 0 Å². The molecule has 0 saturated heterocycles. The van der Waals surface area contributed by atoms with Crippen molar-refractivity contribution < 1.29 is 4.74 Å². The van der Waals surface area contributed by atoms with E-state index in [2.05, 4.69) is 26.9 Å². The predicted octanol–water partition coefficient (Wildman–Crippen LogP) is 5.15. The highest BCUT2D eigenvalue weighted by atomic mass is 35.5. The number of pyridine rings is 2. The molecule has 6 nitrogen and oxygen atoms in total. The average molecular weight is 332 g/mol. The molecule has 0 bridgehead atoms. The summed E-state index contributed by atoms with van der Waals surface area (Å²) in [6, 6.07) is 1.77. The van der Waals surface area contributed by atoms with Crippen LogP contribution in [0.15, 0.2) is 23.6 Å². The second-order valence-electron chi connectivity index (χ2n) is 6.40. The van der Waals surface area contributed by atoms with E-state index in [0.29, 0.717) is 17.5 Å². The summed E-state index contributed by atoms with van der Waals surface area (Å²) >= 11 is 6.08. The van der Waals surface area contributed by atoms with Gasteiger partial charge in [0.2, 0.25) is 5.88 Å². The summed E-state index contributed by atoms with van der Waals surface area (Å²) in [5.74, 6) is 0.548. The topological polar surface area (TPSA) is 83.8 Å². The molecule has 0 radical (unpaired) electrons. The molecule has 1 atom stereocenters. The highest BCUT2D eigenvalue weighted by Crippen LogP contribution is 2.43. The fourth-order valence-corrected chi connectivity index (χ4v) is 2.68. The lowest BCUT2D eigenvalue weighted by molar-refractivity contribution is 0.194. The third-order valence-corrected chi connectivity index (χ3v) is 4.74. The number of hydrogen-bond donors (Lipinski definition) is 0. The lowest BCUT2D eigenvalue weighted by Gasteiger charge is -2.25. The van der Waals surface area contributed by atoms with Crippen molar-refractivity contribution in [3.63, 3.8) is 0 Å². The number of aromatic nitrogens is 2. The van der Waals surface area contributed by atoms with Crippen LogP contribution in [0.4, 0.5) is 0 Å². The number of ether oxygens (including phenoxy) is 1. The van der Waals surface area contributed by atoms with E-state index >= 15 is 0 Å². The van der Waals surface area contributed by atoms with E-state index in [9.17, 15) is 0 Å². The molecule has 0 spiro atoms. The van der Waals surface area contributed by atoms with E-state index in [1.54, 1.807) is 18.5 Å². The molecule has 1 fully saturated rings. The normalized spacial score (nSPS) is 18.1. The van der Waals surface area contributed by atoms with Gasteiger partial charge in [-0.25, -0.2) is 9.97 Å². The van der Waals surface area contributed by atoms with Crippen LogP contribution in [0.1, 0.15) is 45.6 Å². The van der Waals surface area contributed by atoms with Crippen LogP contribution in [-0.4, -0.2) is 15.6 Å². The minimum Gasteiger partial charge on any atom is -0.471 e. The lowest BCUT2D eigenvalue weighted by atomic mass is 9.88. The fraction of sp³-hybridized carbons (Fsp3) is 0.500. The first kappa shape index (κ1) is 15.8. The van der Waals surface area contributed by atoms with Gasteiger partial charge in [-0.05, 0) is 55.7 Å². The van der Waals surface area contributed by atoms with Crippen molar-refractivity contribution in [2.24, 2.45) is 5.11 Å². The van der Waals surface area contributed by atoms with E-state index in [4.69, 9.17) is 21.9 Å². The van der Waals surface area contributed by atoms with Crippen molar-refractivity contribution in [1.29, 1.82) is 0 Å². The van der Waals surface area contributed by atoms with Crippen molar-refractivity contribution >= 4 is 22.4 Å². The molecule has 2 aromatic heterocycles. The Bertz CT molecular complexity index is 813. The van der Waals surface area contributed by atoms with Crippen LogP contribution in [0.2, 0.25) is 5.15 Å². The summed E-state index contributed by atoms with van der Waals surface area (Å²) in [6.45, 7) is 5.92. The highest BCUT2D eigenvalue weighted by Gasteiger charge is 2.41. The van der Waals surface area contributed by atoms with Crippen LogP contribution in [0.25, 0.3) is 21.2 Å². The Hall–Kier alpha value is -2.04. The van der Waals surface area contributed by atoms with Gasteiger partial charge < -0.3 is 4.74 Å². The largest absolute Gasteiger partial charge is 0.471 e. The summed E-state index contributed by atoms with van der Waals surface area (Å²) < 4.78 is 6.03. The van der Waals surface area contributed by atoms with Gasteiger partial charge in [-0.3, -0.25) is 0 Å². The molecule has 0 N–H and O–H groups in total. The summed E-state index contributed by atoms with van der Waals surface area (Å²) in [6.07, 6.45) is 6.07. The molecular weight excluding hydrogens is 314 g/mol. The molecule has 0 unspecified atom stereocenters. The molecule has 1 aliphatic carbocycles. The summed E-state index contributed by atoms with van der Waals surface area (Å²) in [5, 5.41) is 6.00. The van der Waals surface area contributed by atoms with Crippen LogP contribution in [0.5, 0.6) is 5.88 Å². The Morgan fingerprint density at radius 3 is 2.74 bits per heavy atom. The molecule has 0 amide bonds. The first-order chi connectivity index (χ1) is 10.9. The van der Waals surface area contributed by atoms with Crippen molar-refractivity contribution in [3.05, 3.63) is 39.6 Å². The molecule has 2 heterocycles. The first-order valence-corrected chi connectivity index (χ1v) is 7.98. The zero-order chi connectivity index (χ0) is 16.7. The third kappa shape index (κ3) is 2.92. The second-order valence-corrected chi connectivity index (χ2v) is 6.79. The summed E-state index contributed by atoms with van der Waals surface area (Å²) in [5.41, 5.74) is 8.90. The molecule has 1 aliphatic rings. The lowest BCUT2D eigenvalue weighted by Crippen LogP contribution is -2.19. The number of rotatable bonds is 5. The molecule has 23 heavy (non-hydrogen) atoms. The smallest absolute Gasteiger partial charge is 0.223 e. The average Bonchev–Trinajstić information content (AvgIpc) is 3.24. The van der Waals surface area contributed by atoms with Crippen LogP contribution >= 0.6 is 11.6 Å². The van der Waals surface area contributed by atoms with Gasteiger partial charge in [-0.15, -0.1) is 0 Å². The van der Waals surface area contributed by atoms with Crippen molar-refractivity contribution in [2.45, 2.75) is 51.2 Å². The molecule has 0 aliphatic heterocycles. The predicted molar refractivity (Wildman–Crippen MR) is 89.6 cm³/mol. The number of hydrogen-bond acceptors (Lipinski definition) is 4. The Morgan fingerprint density at radius 2 is 2.13 bits per heavy atom. The number of nitrogens with zero attached hydrogens (tertiary/aromatic N) is 5. The standard InChI is InChI=1S/C16H18ClN5O/c1-4-16(3,21-22-18)12-9-20-14(23-15(2)5-6-15)11-8-19-13(17)7-10(11)12/h7-9H,4-6H2,1-3H3/t16-/m0/s1. The van der Waals surface area contributed by atoms with Gasteiger partial charge in [-0.1, -0.05) is 23.6 Å². The molecule has 7 heteroatoms. The number of fused-ring (bicyclic) bond motifs is 1. The second kappa shape index (κ2) is 5.55. The zero-order valence-electron chi connectivity index (χ0n) is 13.4. The van der Waals surface area contributed by atoms with Crippen molar-refractivity contribution in [2.75, 3.05) is 0 Å². The van der Waals surface area contributed by atoms with Crippen molar-refractivity contribution in [1.82, 2.24) is 9.97 Å². The maximum absolute atomic E-state index is 8.91. The van der Waals surface area contributed by atoms with E-state index in [0.717, 1.165) is 29.2 Å². The van der Waals surface area contributed by atoms with Gasteiger partial charge in [0.05, 0.1) is 10.9 Å². The molecule has 3 rings (SSSR count). The quantitative estimate of drug-likeness (QED) is 0.328. The molecule has 2 aromatic rings. The highest BCUT2D eigenvalue weighted by molar-refractivity contribution is 6.30. The Morgan fingerprint density at radius 1 is 1.39 bits per heavy atom. The first-order valence-electron chi connectivity index (χ1n) is 7.61. The van der Waals surface area contributed by atoms with E-state index < -0.39 is 5.54 Å². The third-order valence-electron chi connectivity index (χ3n) is 4.53. The van der Waals surface area contributed by atoms with Gasteiger partial charge >= 0.3 is 0 Å². The van der Waals surface area contributed by atoms with Crippen LogP contribution in [-0.2, 0) is 5.54 Å². The number of azide groups is 1. The molecular formula is C16H18ClN5O. The molecule has 120 valence electrons. The molecule has 1 saturated carbocycles. The SMILES string of the molecule is CC[C@](C)(N=[N+]=[N-])c1cnc(OC2(C)CC2)c2cnc(Cl)cc12. The van der Waals surface area contributed by atoms with Gasteiger partial charge in [-0.2, -0.15) is 0 Å². The van der Waals surface area contributed by atoms with Crippen molar-refractivity contribution in [3.8, 4) is 5.88 Å². The fourth-order valence-electron chi connectivity index (χ4n) is 2.52. The summed E-state index contributed by atoms with van der Waals surface area (Å²) in [7, 11) is 0. The maximum Gasteiger partial charge on any atom is 0.223 e. The van der Waals surface area contributed by atoms with Gasteiger partial charge in [0.1, 0.15) is 10.8 Å². The van der Waals surface area contributed by atoms with Crippen LogP contribution in [0, 0.1) is 0 Å². The van der Waals surface area contributed by atoms with Gasteiger partial charge in [0.25, 0.3) is 0 Å². The van der Waals surface area contributed by atoms with Gasteiger partial charge in [0.15, 0.2) is 0 Å². The minimum absolute atomic E-state index is 0.139. The van der Waals surface area contributed by atoms with E-state index in [1.807, 2.05) is 13.8 Å².